The number of hydrogen-bond acceptors (Lipinski definition) is 4. The molecule has 0 bridgehead atoms. The second-order valence-corrected chi connectivity index (χ2v) is 7.38. The molecule has 4 N–H and O–H groups in total. The predicted molar refractivity (Wildman–Crippen MR) is 110 cm³/mol. The molecule has 144 valence electrons. The Morgan fingerprint density at radius 3 is 2.82 bits per heavy atom. The number of hydrogen-bond donors (Lipinski definition) is 3. The van der Waals surface area contributed by atoms with Crippen LogP contribution in [0, 0.1) is 0 Å². The predicted octanol–water partition coefficient (Wildman–Crippen LogP) is 2.53. The number of methoxy groups -OCH3 is 1. The molecular weight excluding hydrogens is 424 g/mol. The van der Waals surface area contributed by atoms with Crippen LogP contribution >= 0.6 is 15.9 Å². The monoisotopic (exact) mass is 442 g/mol. The Morgan fingerprint density at radius 1 is 1.32 bits per heavy atom. The molecule has 0 saturated heterocycles. The number of nitrogens with zero attached hydrogens (tertiary/aromatic N) is 1. The van der Waals surface area contributed by atoms with Gasteiger partial charge in [-0.3, -0.25) is 4.79 Å². The van der Waals surface area contributed by atoms with Crippen LogP contribution in [0.3, 0.4) is 0 Å². The molecule has 7 nitrogen and oxygen atoms in total. The van der Waals surface area contributed by atoms with Gasteiger partial charge < -0.3 is 26.0 Å². The smallest absolute Gasteiger partial charge is 0.320 e. The number of para-hydroxylation sites is 1. The third kappa shape index (κ3) is 3.04. The second-order valence-electron chi connectivity index (χ2n) is 6.53. The summed E-state index contributed by atoms with van der Waals surface area (Å²) in [5, 5.41) is 5.88. The highest BCUT2D eigenvalue weighted by molar-refractivity contribution is 9.10. The summed E-state index contributed by atoms with van der Waals surface area (Å²) in [6.45, 7) is 0.249. The number of amides is 3. The molecule has 8 heteroatoms. The molecule has 0 fully saturated rings. The number of rotatable bonds is 3. The molecular formula is C20H19BrN4O3. The fourth-order valence-electron chi connectivity index (χ4n) is 3.66. The normalized spacial score (nSPS) is 18.0. The molecule has 2 aromatic carbocycles. The van der Waals surface area contributed by atoms with Gasteiger partial charge in [-0.05, 0) is 39.7 Å². The first-order valence-corrected chi connectivity index (χ1v) is 9.56. The van der Waals surface area contributed by atoms with Crippen molar-refractivity contribution in [2.75, 3.05) is 25.1 Å². The maximum Gasteiger partial charge on any atom is 0.320 e. The third-order valence-electron chi connectivity index (χ3n) is 4.96. The van der Waals surface area contributed by atoms with Crippen LogP contribution in [-0.2, 0) is 4.79 Å². The Labute approximate surface area is 170 Å². The SMILES string of the molecule is COc1ccc(C2NC(=O)NC3=C2CN(C(=O)CN)c2ccccc23)cc1Br. The first kappa shape index (κ1) is 18.5. The minimum absolute atomic E-state index is 0.0878. The number of anilines is 1. The van der Waals surface area contributed by atoms with E-state index in [1.165, 1.54) is 0 Å². The van der Waals surface area contributed by atoms with Crippen LogP contribution in [0.2, 0.25) is 0 Å². The zero-order chi connectivity index (χ0) is 19.8. The zero-order valence-corrected chi connectivity index (χ0v) is 16.7. The highest BCUT2D eigenvalue weighted by Crippen LogP contribution is 2.41. The molecule has 2 aromatic rings. The maximum atomic E-state index is 12.5. The quantitative estimate of drug-likeness (QED) is 0.680. The number of benzene rings is 2. The summed E-state index contributed by atoms with van der Waals surface area (Å²) >= 11 is 3.50. The lowest BCUT2D eigenvalue weighted by molar-refractivity contribution is -0.117. The highest BCUT2D eigenvalue weighted by Gasteiger charge is 2.36. The minimum atomic E-state index is -0.382. The van der Waals surface area contributed by atoms with E-state index < -0.39 is 0 Å². The van der Waals surface area contributed by atoms with Gasteiger partial charge in [-0.1, -0.05) is 24.3 Å². The number of nitrogens with two attached hydrogens (primary N) is 1. The van der Waals surface area contributed by atoms with E-state index in [1.807, 2.05) is 42.5 Å². The van der Waals surface area contributed by atoms with Gasteiger partial charge in [0.05, 0.1) is 42.1 Å². The number of fused-ring (bicyclic) bond motifs is 2. The van der Waals surface area contributed by atoms with Crippen LogP contribution in [0.25, 0.3) is 5.70 Å². The van der Waals surface area contributed by atoms with E-state index in [9.17, 15) is 9.59 Å². The number of halogens is 1. The van der Waals surface area contributed by atoms with Gasteiger partial charge in [0.25, 0.3) is 0 Å². The standard InChI is InChI=1S/C20H19BrN4O3/c1-28-16-7-6-11(8-14(16)21)18-13-10-25(17(26)9-22)15-5-3-2-4-12(15)19(13)24-20(27)23-18/h2-8,18H,9-10,22H2,1H3,(H2,23,24,27). The Balaban J connectivity index is 1.86. The summed E-state index contributed by atoms with van der Waals surface area (Å²) in [4.78, 5) is 26.6. The summed E-state index contributed by atoms with van der Waals surface area (Å²) in [5.74, 6) is 0.526. The molecule has 2 aliphatic heterocycles. The van der Waals surface area contributed by atoms with E-state index in [-0.39, 0.29) is 24.5 Å². The van der Waals surface area contributed by atoms with Crippen LogP contribution in [0.4, 0.5) is 10.5 Å². The summed E-state index contributed by atoms with van der Waals surface area (Å²) < 4.78 is 6.08. The summed E-state index contributed by atoms with van der Waals surface area (Å²) in [6.07, 6.45) is 0. The lowest BCUT2D eigenvalue weighted by Crippen LogP contribution is -2.49. The minimum Gasteiger partial charge on any atom is -0.496 e. The van der Waals surface area contributed by atoms with Crippen molar-refractivity contribution in [1.29, 1.82) is 0 Å². The molecule has 0 radical (unpaired) electrons. The molecule has 0 spiro atoms. The van der Waals surface area contributed by atoms with Gasteiger partial charge in [-0.2, -0.15) is 0 Å². The zero-order valence-electron chi connectivity index (χ0n) is 15.2. The van der Waals surface area contributed by atoms with Crippen LogP contribution in [-0.4, -0.2) is 32.1 Å². The summed E-state index contributed by atoms with van der Waals surface area (Å²) in [6, 6.07) is 12.5. The molecule has 1 atom stereocenters. The van der Waals surface area contributed by atoms with Crippen molar-refractivity contribution in [2.24, 2.45) is 5.73 Å². The van der Waals surface area contributed by atoms with E-state index in [1.54, 1.807) is 12.0 Å². The van der Waals surface area contributed by atoms with Gasteiger partial charge in [0, 0.05) is 11.1 Å². The van der Waals surface area contributed by atoms with Gasteiger partial charge in [-0.25, -0.2) is 4.79 Å². The fourth-order valence-corrected chi connectivity index (χ4v) is 4.22. The van der Waals surface area contributed by atoms with E-state index in [4.69, 9.17) is 10.5 Å². The lowest BCUT2D eigenvalue weighted by atomic mass is 9.89. The number of carbonyl (C=O) groups excluding carboxylic acids is 2. The Morgan fingerprint density at radius 2 is 2.11 bits per heavy atom. The van der Waals surface area contributed by atoms with Gasteiger partial charge in [0.2, 0.25) is 5.91 Å². The van der Waals surface area contributed by atoms with Crippen molar-refractivity contribution in [1.82, 2.24) is 10.6 Å². The molecule has 4 rings (SSSR count). The Bertz CT molecular complexity index is 1000. The lowest BCUT2D eigenvalue weighted by Gasteiger charge is -2.39. The molecule has 2 aliphatic rings. The highest BCUT2D eigenvalue weighted by atomic mass is 79.9. The van der Waals surface area contributed by atoms with Crippen molar-refractivity contribution < 1.29 is 14.3 Å². The van der Waals surface area contributed by atoms with Gasteiger partial charge in [-0.15, -0.1) is 0 Å². The summed E-state index contributed by atoms with van der Waals surface area (Å²) in [7, 11) is 1.60. The van der Waals surface area contributed by atoms with E-state index >= 15 is 0 Å². The van der Waals surface area contributed by atoms with Crippen LogP contribution < -0.4 is 26.0 Å². The van der Waals surface area contributed by atoms with Crippen molar-refractivity contribution in [3.05, 3.63) is 63.6 Å². The first-order chi connectivity index (χ1) is 13.5. The molecule has 28 heavy (non-hydrogen) atoms. The average Bonchev–Trinajstić information content (AvgIpc) is 2.72. The van der Waals surface area contributed by atoms with E-state index in [0.29, 0.717) is 12.3 Å². The third-order valence-corrected chi connectivity index (χ3v) is 5.58. The van der Waals surface area contributed by atoms with Crippen LogP contribution in [0.5, 0.6) is 5.75 Å². The average molecular weight is 443 g/mol. The van der Waals surface area contributed by atoms with E-state index in [0.717, 1.165) is 32.6 Å². The Kier molecular flexibility index (Phi) is 4.82. The number of nitrogens with one attached hydrogen (secondary N) is 2. The van der Waals surface area contributed by atoms with Crippen molar-refractivity contribution >= 4 is 39.3 Å². The van der Waals surface area contributed by atoms with Crippen molar-refractivity contribution in [3.8, 4) is 5.75 Å². The molecule has 1 unspecified atom stereocenters. The summed E-state index contributed by atoms with van der Waals surface area (Å²) in [5.41, 5.74) is 9.70. The number of ether oxygens (including phenoxy) is 1. The molecule has 0 aliphatic carbocycles. The van der Waals surface area contributed by atoms with Gasteiger partial charge >= 0.3 is 6.03 Å². The number of carbonyl (C=O) groups is 2. The van der Waals surface area contributed by atoms with E-state index in [2.05, 4.69) is 26.6 Å². The topological polar surface area (TPSA) is 96.7 Å². The van der Waals surface area contributed by atoms with Crippen molar-refractivity contribution in [2.45, 2.75) is 6.04 Å². The molecule has 0 aromatic heterocycles. The Hall–Kier alpha value is -2.84. The van der Waals surface area contributed by atoms with Crippen LogP contribution in [0.15, 0.2) is 52.5 Å². The molecule has 2 heterocycles. The van der Waals surface area contributed by atoms with Gasteiger partial charge in [0.15, 0.2) is 0 Å². The van der Waals surface area contributed by atoms with Crippen molar-refractivity contribution in [3.63, 3.8) is 0 Å². The largest absolute Gasteiger partial charge is 0.496 e. The fraction of sp³-hybridized carbons (Fsp3) is 0.200. The first-order valence-electron chi connectivity index (χ1n) is 8.77. The van der Waals surface area contributed by atoms with Gasteiger partial charge in [0.1, 0.15) is 5.75 Å². The second kappa shape index (κ2) is 7.29. The molecule has 0 saturated carbocycles. The molecule has 3 amide bonds. The number of urea groups is 1. The van der Waals surface area contributed by atoms with Crippen LogP contribution in [0.1, 0.15) is 17.2 Å². The maximum absolute atomic E-state index is 12.5.